The zero-order valence-corrected chi connectivity index (χ0v) is 12.2. The van der Waals surface area contributed by atoms with Crippen LogP contribution in [-0.4, -0.2) is 35.8 Å². The number of aliphatic hydroxyl groups is 1. The van der Waals surface area contributed by atoms with Crippen LogP contribution in [0.2, 0.25) is 0 Å². The van der Waals surface area contributed by atoms with E-state index in [-0.39, 0.29) is 24.1 Å². The van der Waals surface area contributed by atoms with Crippen molar-refractivity contribution < 1.29 is 19.4 Å². The van der Waals surface area contributed by atoms with Gasteiger partial charge >= 0.3 is 5.97 Å². The van der Waals surface area contributed by atoms with E-state index in [1.807, 2.05) is 12.1 Å². The molecule has 116 valence electrons. The number of esters is 1. The summed E-state index contributed by atoms with van der Waals surface area (Å²) in [5.41, 5.74) is 6.94. The SMILES string of the molecule is COC(=O)c1cccnc1Oc1ccc(CC(N)CO)cc1. The van der Waals surface area contributed by atoms with Crippen LogP contribution in [0.15, 0.2) is 42.6 Å². The van der Waals surface area contributed by atoms with Gasteiger partial charge in [-0.05, 0) is 36.2 Å². The van der Waals surface area contributed by atoms with Crippen LogP contribution in [0.5, 0.6) is 11.6 Å². The van der Waals surface area contributed by atoms with Gasteiger partial charge in [0, 0.05) is 12.2 Å². The normalized spacial score (nSPS) is 11.8. The van der Waals surface area contributed by atoms with Crippen molar-refractivity contribution in [2.45, 2.75) is 12.5 Å². The van der Waals surface area contributed by atoms with Crippen molar-refractivity contribution in [1.29, 1.82) is 0 Å². The quantitative estimate of drug-likeness (QED) is 0.786. The molecule has 0 aliphatic rings. The van der Waals surface area contributed by atoms with Crippen LogP contribution in [0.4, 0.5) is 0 Å². The number of methoxy groups -OCH3 is 1. The first-order valence-corrected chi connectivity index (χ1v) is 6.80. The Balaban J connectivity index is 2.13. The van der Waals surface area contributed by atoms with Gasteiger partial charge in [0.15, 0.2) is 0 Å². The molecule has 2 rings (SSSR count). The zero-order valence-electron chi connectivity index (χ0n) is 12.2. The van der Waals surface area contributed by atoms with Gasteiger partial charge in [0.25, 0.3) is 0 Å². The monoisotopic (exact) mass is 302 g/mol. The maximum atomic E-state index is 11.7. The second-order valence-corrected chi connectivity index (χ2v) is 4.74. The largest absolute Gasteiger partial charge is 0.465 e. The van der Waals surface area contributed by atoms with Gasteiger partial charge in [-0.25, -0.2) is 9.78 Å². The van der Waals surface area contributed by atoms with Crippen LogP contribution < -0.4 is 10.5 Å². The minimum atomic E-state index is -0.506. The lowest BCUT2D eigenvalue weighted by molar-refractivity contribution is 0.0597. The maximum Gasteiger partial charge on any atom is 0.343 e. The number of hydrogen-bond donors (Lipinski definition) is 2. The summed E-state index contributed by atoms with van der Waals surface area (Å²) >= 11 is 0. The van der Waals surface area contributed by atoms with Gasteiger partial charge < -0.3 is 20.3 Å². The van der Waals surface area contributed by atoms with Gasteiger partial charge in [0.2, 0.25) is 5.88 Å². The number of benzene rings is 1. The van der Waals surface area contributed by atoms with Crippen molar-refractivity contribution in [2.24, 2.45) is 5.73 Å². The predicted molar refractivity (Wildman–Crippen MR) is 80.9 cm³/mol. The van der Waals surface area contributed by atoms with Crippen LogP contribution in [0.1, 0.15) is 15.9 Å². The predicted octanol–water partition coefficient (Wildman–Crippen LogP) is 1.52. The Hall–Kier alpha value is -2.44. The second-order valence-electron chi connectivity index (χ2n) is 4.74. The minimum absolute atomic E-state index is 0.0608. The van der Waals surface area contributed by atoms with Gasteiger partial charge in [-0.15, -0.1) is 0 Å². The summed E-state index contributed by atoms with van der Waals surface area (Å²) in [6, 6.07) is 10.2. The van der Waals surface area contributed by atoms with E-state index in [0.29, 0.717) is 12.2 Å². The number of nitrogens with two attached hydrogens (primary N) is 1. The van der Waals surface area contributed by atoms with Crippen LogP contribution in [0.3, 0.4) is 0 Å². The molecule has 6 heteroatoms. The topological polar surface area (TPSA) is 94.7 Å². The summed E-state index contributed by atoms with van der Waals surface area (Å²) in [6.45, 7) is -0.0608. The number of hydrogen-bond acceptors (Lipinski definition) is 6. The van der Waals surface area contributed by atoms with Crippen molar-refractivity contribution in [2.75, 3.05) is 13.7 Å². The summed E-state index contributed by atoms with van der Waals surface area (Å²) in [5.74, 6) is 0.230. The first-order chi connectivity index (χ1) is 10.6. The second kappa shape index (κ2) is 7.53. The summed E-state index contributed by atoms with van der Waals surface area (Å²) in [6.07, 6.45) is 2.12. The molecule has 0 amide bonds. The van der Waals surface area contributed by atoms with E-state index in [2.05, 4.69) is 4.98 Å². The van der Waals surface area contributed by atoms with Crippen LogP contribution in [0, 0.1) is 0 Å². The molecule has 22 heavy (non-hydrogen) atoms. The Morgan fingerprint density at radius 1 is 1.32 bits per heavy atom. The van der Waals surface area contributed by atoms with Crippen LogP contribution >= 0.6 is 0 Å². The molecule has 0 spiro atoms. The Bertz CT molecular complexity index is 628. The molecule has 0 aliphatic heterocycles. The number of pyridine rings is 1. The van der Waals surface area contributed by atoms with Crippen molar-refractivity contribution >= 4 is 5.97 Å². The molecule has 0 bridgehead atoms. The minimum Gasteiger partial charge on any atom is -0.465 e. The number of carbonyl (C=O) groups is 1. The summed E-state index contributed by atoms with van der Waals surface area (Å²) < 4.78 is 10.3. The summed E-state index contributed by atoms with van der Waals surface area (Å²) in [4.78, 5) is 15.7. The Labute approximate surface area is 128 Å². The highest BCUT2D eigenvalue weighted by Gasteiger charge is 2.14. The molecule has 6 nitrogen and oxygen atoms in total. The molecule has 0 radical (unpaired) electrons. The fraction of sp³-hybridized carbons (Fsp3) is 0.250. The molecule has 0 saturated heterocycles. The molecule has 0 aliphatic carbocycles. The number of ether oxygens (including phenoxy) is 2. The van der Waals surface area contributed by atoms with E-state index in [1.165, 1.54) is 13.3 Å². The lowest BCUT2D eigenvalue weighted by atomic mass is 10.1. The molecule has 2 aromatic rings. The average molecular weight is 302 g/mol. The van der Waals surface area contributed by atoms with E-state index in [0.717, 1.165) is 5.56 Å². The number of carbonyl (C=O) groups excluding carboxylic acids is 1. The molecule has 0 fully saturated rings. The van der Waals surface area contributed by atoms with Crippen LogP contribution in [0.25, 0.3) is 0 Å². The zero-order chi connectivity index (χ0) is 15.9. The van der Waals surface area contributed by atoms with Gasteiger partial charge in [-0.1, -0.05) is 12.1 Å². The molecular formula is C16H18N2O4. The van der Waals surface area contributed by atoms with E-state index in [9.17, 15) is 4.79 Å². The highest BCUT2D eigenvalue weighted by atomic mass is 16.5. The Morgan fingerprint density at radius 3 is 2.68 bits per heavy atom. The number of aromatic nitrogens is 1. The van der Waals surface area contributed by atoms with Crippen molar-refractivity contribution in [3.8, 4) is 11.6 Å². The number of nitrogens with zero attached hydrogens (tertiary/aromatic N) is 1. The van der Waals surface area contributed by atoms with Gasteiger partial charge in [-0.2, -0.15) is 0 Å². The molecular weight excluding hydrogens is 284 g/mol. The van der Waals surface area contributed by atoms with Gasteiger partial charge in [0.05, 0.1) is 13.7 Å². The fourth-order valence-electron chi connectivity index (χ4n) is 1.91. The lowest BCUT2D eigenvalue weighted by Gasteiger charge is -2.10. The number of aliphatic hydroxyl groups excluding tert-OH is 1. The van der Waals surface area contributed by atoms with Crippen LogP contribution in [-0.2, 0) is 11.2 Å². The van der Waals surface area contributed by atoms with E-state index in [4.69, 9.17) is 20.3 Å². The molecule has 1 aromatic heterocycles. The van der Waals surface area contributed by atoms with Gasteiger partial charge in [-0.3, -0.25) is 0 Å². The fourth-order valence-corrected chi connectivity index (χ4v) is 1.91. The third-order valence-electron chi connectivity index (χ3n) is 3.05. The van der Waals surface area contributed by atoms with E-state index >= 15 is 0 Å². The Morgan fingerprint density at radius 2 is 2.05 bits per heavy atom. The highest BCUT2D eigenvalue weighted by Crippen LogP contribution is 2.23. The van der Waals surface area contributed by atoms with Crippen molar-refractivity contribution in [3.05, 3.63) is 53.7 Å². The Kier molecular flexibility index (Phi) is 5.46. The maximum absolute atomic E-state index is 11.7. The molecule has 0 saturated carbocycles. The smallest absolute Gasteiger partial charge is 0.343 e. The number of rotatable bonds is 6. The first-order valence-electron chi connectivity index (χ1n) is 6.80. The lowest BCUT2D eigenvalue weighted by Crippen LogP contribution is -2.26. The van der Waals surface area contributed by atoms with E-state index in [1.54, 1.807) is 24.3 Å². The molecule has 1 aromatic carbocycles. The van der Waals surface area contributed by atoms with Gasteiger partial charge in [0.1, 0.15) is 11.3 Å². The standard InChI is InChI=1S/C16H18N2O4/c1-21-16(20)14-3-2-8-18-15(14)22-13-6-4-11(5-7-13)9-12(17)10-19/h2-8,12,19H,9-10,17H2,1H3. The summed E-state index contributed by atoms with van der Waals surface area (Å²) in [5, 5.41) is 8.95. The van der Waals surface area contributed by atoms with Crippen molar-refractivity contribution in [1.82, 2.24) is 4.98 Å². The molecule has 1 heterocycles. The third kappa shape index (κ3) is 4.03. The average Bonchev–Trinajstić information content (AvgIpc) is 2.56. The molecule has 1 unspecified atom stereocenters. The van der Waals surface area contributed by atoms with E-state index < -0.39 is 5.97 Å². The first kappa shape index (κ1) is 15.9. The summed E-state index contributed by atoms with van der Waals surface area (Å²) in [7, 11) is 1.30. The molecule has 3 N–H and O–H groups in total. The third-order valence-corrected chi connectivity index (χ3v) is 3.05. The highest BCUT2D eigenvalue weighted by molar-refractivity contribution is 5.91. The molecule has 1 atom stereocenters. The van der Waals surface area contributed by atoms with Crippen molar-refractivity contribution in [3.63, 3.8) is 0 Å².